The molecule has 406 valence electrons. The molecule has 76 heavy (non-hydrogen) atoms. The fraction of sp³-hybridized carbons (Fsp3) is 0.508. The van der Waals surface area contributed by atoms with Gasteiger partial charge in [-0.3, -0.25) is 14.4 Å². The average Bonchev–Trinajstić information content (AvgIpc) is 4.13. The third kappa shape index (κ3) is 13.3. The Bertz CT molecular complexity index is 2800. The van der Waals surface area contributed by atoms with Crippen LogP contribution >= 0.6 is 22.9 Å². The van der Waals surface area contributed by atoms with Crippen molar-refractivity contribution in [1.29, 1.82) is 5.26 Å². The predicted molar refractivity (Wildman–Crippen MR) is 298 cm³/mol. The molecule has 4 N–H and O–H groups in total. The van der Waals surface area contributed by atoms with Crippen LogP contribution in [0.5, 0.6) is 11.5 Å². The van der Waals surface area contributed by atoms with E-state index in [1.165, 1.54) is 6.42 Å². The van der Waals surface area contributed by atoms with Crippen LogP contribution in [-0.2, 0) is 23.8 Å². The van der Waals surface area contributed by atoms with Crippen molar-refractivity contribution < 1.29 is 38.1 Å². The number of carbonyl (C=O) groups excluding carboxylic acids is 3. The standard InChI is InChI=1S/C59H74ClN7O8S/c1-38(62-6)52(68)65-51(39-13-8-7-9-14-39)55(70)67-27-12-17-49(67)54-64-48(37-76-54)45-24-25-50(46-16-11-10-15-44(45)46)74-34-33-73-32-31-72-30-29-71-28-26-63-42-21-18-40(19-22-42)53(69)66-56-58(2,3)57(59(56,4)5)75-43-23-20-41(36-61)47(60)35-43/h10-11,15-16,18-25,35,37-39,49,51,56-57,62-63H,7-9,12-14,17,26-34H2,1-6H3,(H,65,68)(H,66,69)/t38-,49-,51?,56?,57?/m0/s1. The summed E-state index contributed by atoms with van der Waals surface area (Å²) in [6.45, 7) is 14.4. The van der Waals surface area contributed by atoms with Gasteiger partial charge in [0.1, 0.15) is 41.3 Å². The lowest BCUT2D eigenvalue weighted by Crippen LogP contribution is -2.74. The van der Waals surface area contributed by atoms with E-state index in [9.17, 15) is 19.6 Å². The zero-order valence-electron chi connectivity index (χ0n) is 44.8. The van der Waals surface area contributed by atoms with Gasteiger partial charge in [-0.25, -0.2) is 4.98 Å². The molecule has 1 aliphatic heterocycles. The molecule has 8 rings (SSSR count). The molecule has 1 aromatic heterocycles. The van der Waals surface area contributed by atoms with E-state index in [2.05, 4.69) is 78.6 Å². The molecule has 1 saturated heterocycles. The Morgan fingerprint density at radius 1 is 0.842 bits per heavy atom. The molecule has 3 atom stereocenters. The van der Waals surface area contributed by atoms with Crippen molar-refractivity contribution in [2.45, 2.75) is 110 Å². The van der Waals surface area contributed by atoms with Gasteiger partial charge in [-0.15, -0.1) is 11.3 Å². The second-order valence-electron chi connectivity index (χ2n) is 21.3. The van der Waals surface area contributed by atoms with Crippen LogP contribution in [0.25, 0.3) is 22.0 Å². The summed E-state index contributed by atoms with van der Waals surface area (Å²) >= 11 is 7.84. The van der Waals surface area contributed by atoms with E-state index in [1.54, 1.807) is 36.6 Å². The van der Waals surface area contributed by atoms with E-state index in [0.29, 0.717) is 81.2 Å². The van der Waals surface area contributed by atoms with Gasteiger partial charge in [-0.1, -0.05) is 82.8 Å². The van der Waals surface area contributed by atoms with Gasteiger partial charge in [-0.05, 0) is 99.5 Å². The van der Waals surface area contributed by atoms with Crippen molar-refractivity contribution >= 4 is 57.1 Å². The summed E-state index contributed by atoms with van der Waals surface area (Å²) in [6, 6.07) is 25.6. The zero-order valence-corrected chi connectivity index (χ0v) is 46.3. The largest absolute Gasteiger partial charge is 0.491 e. The van der Waals surface area contributed by atoms with E-state index < -0.39 is 6.04 Å². The Hall–Kier alpha value is -5.80. The molecule has 1 unspecified atom stereocenters. The summed E-state index contributed by atoms with van der Waals surface area (Å²) in [5, 5.41) is 27.3. The number of halogens is 1. The molecular weight excluding hydrogens is 1000 g/mol. The Labute approximate surface area is 456 Å². The zero-order chi connectivity index (χ0) is 53.8. The average molecular weight is 1080 g/mol. The van der Waals surface area contributed by atoms with Gasteiger partial charge in [0.15, 0.2) is 0 Å². The van der Waals surface area contributed by atoms with Crippen LogP contribution in [0, 0.1) is 28.1 Å². The number of likely N-dealkylation sites (tertiary alicyclic amines) is 1. The molecule has 0 spiro atoms. The first-order chi connectivity index (χ1) is 36.7. The van der Waals surface area contributed by atoms with Crippen molar-refractivity contribution in [2.24, 2.45) is 16.7 Å². The normalized spacial score (nSPS) is 19.8. The number of likely N-dealkylation sites (N-methyl/N-ethyl adjacent to an activating group) is 1. The Morgan fingerprint density at radius 2 is 1.53 bits per heavy atom. The second kappa shape index (κ2) is 26.0. The summed E-state index contributed by atoms with van der Waals surface area (Å²) < 4.78 is 29.9. The maximum atomic E-state index is 14.3. The van der Waals surface area contributed by atoms with Gasteiger partial charge in [0.05, 0.1) is 68.0 Å². The molecule has 2 saturated carbocycles. The number of ether oxygens (including phenoxy) is 5. The maximum absolute atomic E-state index is 14.3. The molecule has 2 heterocycles. The molecule has 3 fully saturated rings. The Morgan fingerprint density at radius 3 is 2.21 bits per heavy atom. The number of nitrogens with one attached hydrogen (secondary N) is 4. The molecule has 4 aromatic carbocycles. The number of hydrogen-bond donors (Lipinski definition) is 4. The number of amides is 3. The summed E-state index contributed by atoms with van der Waals surface area (Å²) in [7, 11) is 1.76. The third-order valence-corrected chi connectivity index (χ3v) is 16.7. The lowest BCUT2D eigenvalue weighted by Gasteiger charge is -2.63. The third-order valence-electron chi connectivity index (χ3n) is 15.4. The topological polar surface area (TPSA) is 185 Å². The minimum absolute atomic E-state index is 0.0130. The number of thiazole rings is 1. The fourth-order valence-electron chi connectivity index (χ4n) is 11.5. The molecule has 17 heteroatoms. The molecule has 3 aliphatic rings. The number of fused-ring (bicyclic) bond motifs is 1. The van der Waals surface area contributed by atoms with E-state index in [-0.39, 0.29) is 58.7 Å². The number of benzene rings is 4. The van der Waals surface area contributed by atoms with E-state index in [4.69, 9.17) is 40.3 Å². The lowest BCUT2D eigenvalue weighted by molar-refractivity contribution is -0.164. The molecule has 5 aromatic rings. The van der Waals surface area contributed by atoms with Crippen molar-refractivity contribution in [2.75, 3.05) is 71.7 Å². The Balaban J connectivity index is 0.708. The number of rotatable bonds is 25. The SMILES string of the molecule is CN[C@@H](C)C(=O)NC(C(=O)N1CCC[C@H]1c1nc(-c2ccc(OCCOCCOCCOCCNc3ccc(C(=O)NC4C(C)(C)C(Oc5ccc(C#N)c(Cl)c5)C4(C)C)cc3)c3ccccc23)cs1)C1CCCCC1. The first-order valence-electron chi connectivity index (χ1n) is 26.8. The van der Waals surface area contributed by atoms with Crippen molar-refractivity contribution in [3.63, 3.8) is 0 Å². The predicted octanol–water partition coefficient (Wildman–Crippen LogP) is 9.98. The maximum Gasteiger partial charge on any atom is 0.251 e. The van der Waals surface area contributed by atoms with Crippen LogP contribution in [0.3, 0.4) is 0 Å². The molecule has 15 nitrogen and oxygen atoms in total. The summed E-state index contributed by atoms with van der Waals surface area (Å²) in [4.78, 5) is 47.9. The van der Waals surface area contributed by atoms with Gasteiger partial charge in [-0.2, -0.15) is 5.26 Å². The van der Waals surface area contributed by atoms with E-state index in [1.807, 2.05) is 54.3 Å². The monoisotopic (exact) mass is 1080 g/mol. The van der Waals surface area contributed by atoms with Gasteiger partial charge in [0.25, 0.3) is 5.91 Å². The summed E-state index contributed by atoms with van der Waals surface area (Å²) in [6.07, 6.45) is 6.78. The van der Waals surface area contributed by atoms with Gasteiger partial charge < -0.3 is 49.9 Å². The summed E-state index contributed by atoms with van der Waals surface area (Å²) in [5.74, 6) is 1.22. The van der Waals surface area contributed by atoms with Crippen LogP contribution in [0.2, 0.25) is 5.02 Å². The quantitative estimate of drug-likeness (QED) is 0.0406. The van der Waals surface area contributed by atoms with Crippen LogP contribution in [0.1, 0.15) is 107 Å². The number of hydrogen-bond acceptors (Lipinski definition) is 13. The number of aromatic nitrogens is 1. The molecule has 2 aliphatic carbocycles. The summed E-state index contributed by atoms with van der Waals surface area (Å²) in [5.41, 5.74) is 3.00. The van der Waals surface area contributed by atoms with E-state index >= 15 is 0 Å². The smallest absolute Gasteiger partial charge is 0.251 e. The highest BCUT2D eigenvalue weighted by Crippen LogP contribution is 2.56. The molecule has 0 bridgehead atoms. The molecule has 3 amide bonds. The minimum Gasteiger partial charge on any atom is -0.491 e. The number of nitrogens with zero attached hydrogens (tertiary/aromatic N) is 3. The first kappa shape index (κ1) is 56.4. The van der Waals surface area contributed by atoms with Crippen LogP contribution < -0.4 is 30.7 Å². The number of carbonyl (C=O) groups is 3. The highest BCUT2D eigenvalue weighted by atomic mass is 35.5. The van der Waals surface area contributed by atoms with Gasteiger partial charge in [0, 0.05) is 63.6 Å². The Kier molecular flexibility index (Phi) is 19.3. The van der Waals surface area contributed by atoms with Gasteiger partial charge in [0.2, 0.25) is 11.8 Å². The highest BCUT2D eigenvalue weighted by Gasteiger charge is 2.64. The highest BCUT2D eigenvalue weighted by molar-refractivity contribution is 7.10. The molecule has 0 radical (unpaired) electrons. The van der Waals surface area contributed by atoms with Gasteiger partial charge >= 0.3 is 0 Å². The second-order valence-corrected chi connectivity index (χ2v) is 22.6. The number of nitriles is 1. The van der Waals surface area contributed by atoms with Crippen molar-refractivity contribution in [3.8, 4) is 28.8 Å². The van der Waals surface area contributed by atoms with Crippen LogP contribution in [0.15, 0.2) is 84.2 Å². The number of anilines is 1. The fourth-order valence-corrected chi connectivity index (χ4v) is 12.7. The van der Waals surface area contributed by atoms with E-state index in [0.717, 1.165) is 77.0 Å². The van der Waals surface area contributed by atoms with Crippen LogP contribution in [-0.4, -0.2) is 118 Å². The van der Waals surface area contributed by atoms with Crippen LogP contribution in [0.4, 0.5) is 5.69 Å². The van der Waals surface area contributed by atoms with Crippen molar-refractivity contribution in [3.05, 3.63) is 105 Å². The van der Waals surface area contributed by atoms with Crippen molar-refractivity contribution in [1.82, 2.24) is 25.8 Å². The lowest BCUT2D eigenvalue weighted by atomic mass is 9.49. The molecular formula is C59H74ClN7O8S. The first-order valence-corrected chi connectivity index (χ1v) is 28.1. The minimum atomic E-state index is -0.531.